The van der Waals surface area contributed by atoms with E-state index in [1.165, 1.54) is 5.56 Å². The molecular formula is C12H19NO2. The summed E-state index contributed by atoms with van der Waals surface area (Å²) >= 11 is 0. The maximum atomic E-state index is 9.85. The van der Waals surface area contributed by atoms with Gasteiger partial charge in [0.1, 0.15) is 12.0 Å². The summed E-state index contributed by atoms with van der Waals surface area (Å²) in [6, 6.07) is 2.06. The zero-order chi connectivity index (χ0) is 11.6. The number of ether oxygens (including phenoxy) is 1. The van der Waals surface area contributed by atoms with Crippen LogP contribution >= 0.6 is 0 Å². The third-order valence-corrected chi connectivity index (χ3v) is 2.79. The highest BCUT2D eigenvalue weighted by Gasteiger charge is 2.17. The quantitative estimate of drug-likeness (QED) is 0.746. The van der Waals surface area contributed by atoms with Crippen molar-refractivity contribution in [3.8, 4) is 5.75 Å². The third kappa shape index (κ3) is 2.13. The lowest BCUT2D eigenvalue weighted by Gasteiger charge is -2.20. The fourth-order valence-corrected chi connectivity index (χ4v) is 1.82. The molecule has 1 aromatic carbocycles. The van der Waals surface area contributed by atoms with Gasteiger partial charge in [-0.1, -0.05) is 6.07 Å². The molecule has 0 heterocycles. The van der Waals surface area contributed by atoms with Crippen molar-refractivity contribution in [1.82, 2.24) is 5.32 Å². The molecule has 0 aliphatic carbocycles. The van der Waals surface area contributed by atoms with Crippen LogP contribution in [0.3, 0.4) is 0 Å². The summed E-state index contributed by atoms with van der Waals surface area (Å²) in [6.07, 6.45) is -0.681. The molecule has 3 nitrogen and oxygen atoms in total. The van der Waals surface area contributed by atoms with Crippen molar-refractivity contribution in [2.75, 3.05) is 14.2 Å². The Bertz CT molecular complexity index is 361. The van der Waals surface area contributed by atoms with Crippen LogP contribution in [0.25, 0.3) is 0 Å². The lowest BCUT2D eigenvalue weighted by Crippen LogP contribution is -2.18. The number of benzene rings is 1. The molecule has 0 fully saturated rings. The Morgan fingerprint density at radius 3 is 2.33 bits per heavy atom. The van der Waals surface area contributed by atoms with E-state index in [0.717, 1.165) is 22.4 Å². The predicted octanol–water partition coefficient (Wildman–Crippen LogP) is 1.83. The van der Waals surface area contributed by atoms with Crippen LogP contribution in [0.1, 0.15) is 28.5 Å². The van der Waals surface area contributed by atoms with Gasteiger partial charge in [0.25, 0.3) is 0 Å². The fourth-order valence-electron chi connectivity index (χ4n) is 1.82. The molecule has 0 saturated carbocycles. The van der Waals surface area contributed by atoms with Crippen molar-refractivity contribution in [3.63, 3.8) is 0 Å². The molecule has 2 N–H and O–H groups in total. The number of hydrogen-bond acceptors (Lipinski definition) is 3. The molecule has 15 heavy (non-hydrogen) atoms. The van der Waals surface area contributed by atoms with Crippen molar-refractivity contribution in [2.24, 2.45) is 0 Å². The van der Waals surface area contributed by atoms with Gasteiger partial charge < -0.3 is 9.84 Å². The largest absolute Gasteiger partial charge is 0.496 e. The van der Waals surface area contributed by atoms with E-state index >= 15 is 0 Å². The summed E-state index contributed by atoms with van der Waals surface area (Å²) in [5, 5.41) is 12.7. The Labute approximate surface area is 91.1 Å². The van der Waals surface area contributed by atoms with Crippen LogP contribution in [0.5, 0.6) is 5.75 Å². The SMILES string of the molecule is CNC(O)c1c(C)cc(C)c(C)c1OC. The summed E-state index contributed by atoms with van der Waals surface area (Å²) in [4.78, 5) is 0. The second-order valence-corrected chi connectivity index (χ2v) is 3.77. The highest BCUT2D eigenvalue weighted by molar-refractivity contribution is 5.50. The van der Waals surface area contributed by atoms with E-state index < -0.39 is 6.23 Å². The first kappa shape index (κ1) is 12.0. The zero-order valence-corrected chi connectivity index (χ0v) is 10.0. The third-order valence-electron chi connectivity index (χ3n) is 2.79. The maximum Gasteiger partial charge on any atom is 0.134 e. The van der Waals surface area contributed by atoms with E-state index in [1.54, 1.807) is 14.2 Å². The second-order valence-electron chi connectivity index (χ2n) is 3.77. The Kier molecular flexibility index (Phi) is 3.72. The van der Waals surface area contributed by atoms with Crippen molar-refractivity contribution in [3.05, 3.63) is 28.3 Å². The Morgan fingerprint density at radius 1 is 1.27 bits per heavy atom. The number of aliphatic hydroxyl groups is 1. The average molecular weight is 209 g/mol. The molecule has 1 aromatic rings. The first-order chi connectivity index (χ1) is 7.02. The van der Waals surface area contributed by atoms with E-state index in [9.17, 15) is 5.11 Å². The van der Waals surface area contributed by atoms with Crippen molar-refractivity contribution < 1.29 is 9.84 Å². The molecule has 3 heteroatoms. The van der Waals surface area contributed by atoms with E-state index in [0.29, 0.717) is 0 Å². The van der Waals surface area contributed by atoms with Crippen LogP contribution in [0.2, 0.25) is 0 Å². The van der Waals surface area contributed by atoms with Gasteiger partial charge in [-0.25, -0.2) is 0 Å². The fraction of sp³-hybridized carbons (Fsp3) is 0.500. The topological polar surface area (TPSA) is 41.5 Å². The maximum absolute atomic E-state index is 9.85. The minimum absolute atomic E-state index is 0.681. The molecule has 0 aliphatic rings. The van der Waals surface area contributed by atoms with Crippen molar-refractivity contribution in [1.29, 1.82) is 0 Å². The molecule has 0 radical (unpaired) electrons. The van der Waals surface area contributed by atoms with Crippen LogP contribution in [-0.4, -0.2) is 19.3 Å². The number of aliphatic hydroxyl groups excluding tert-OH is 1. The van der Waals surface area contributed by atoms with Gasteiger partial charge in [-0.2, -0.15) is 0 Å². The first-order valence-electron chi connectivity index (χ1n) is 5.03. The molecule has 0 amide bonds. The zero-order valence-electron chi connectivity index (χ0n) is 10.0. The van der Waals surface area contributed by atoms with Crippen LogP contribution in [0.4, 0.5) is 0 Å². The van der Waals surface area contributed by atoms with Gasteiger partial charge in [0.15, 0.2) is 0 Å². The van der Waals surface area contributed by atoms with Gasteiger partial charge in [-0.05, 0) is 44.5 Å². The van der Waals surface area contributed by atoms with Gasteiger partial charge in [0, 0.05) is 5.56 Å². The average Bonchev–Trinajstić information content (AvgIpc) is 2.21. The summed E-state index contributed by atoms with van der Waals surface area (Å²) in [5.74, 6) is 0.773. The summed E-state index contributed by atoms with van der Waals surface area (Å²) in [7, 11) is 3.35. The van der Waals surface area contributed by atoms with Crippen molar-refractivity contribution in [2.45, 2.75) is 27.0 Å². The number of rotatable bonds is 3. The molecule has 1 unspecified atom stereocenters. The van der Waals surface area contributed by atoms with Gasteiger partial charge in [0.05, 0.1) is 7.11 Å². The molecule has 0 bridgehead atoms. The van der Waals surface area contributed by atoms with Gasteiger partial charge in [-0.15, -0.1) is 0 Å². The Balaban J connectivity index is 3.41. The molecular weight excluding hydrogens is 190 g/mol. The van der Waals surface area contributed by atoms with Gasteiger partial charge in [-0.3, -0.25) is 5.32 Å². The van der Waals surface area contributed by atoms with E-state index in [1.807, 2.05) is 20.8 Å². The van der Waals surface area contributed by atoms with Gasteiger partial charge in [0.2, 0.25) is 0 Å². The van der Waals surface area contributed by atoms with Crippen LogP contribution in [0, 0.1) is 20.8 Å². The molecule has 1 atom stereocenters. The molecule has 0 saturated heterocycles. The normalized spacial score (nSPS) is 12.7. The smallest absolute Gasteiger partial charge is 0.134 e. The minimum Gasteiger partial charge on any atom is -0.496 e. The highest BCUT2D eigenvalue weighted by Crippen LogP contribution is 2.32. The molecule has 0 spiro atoms. The lowest BCUT2D eigenvalue weighted by atomic mass is 9.98. The summed E-state index contributed by atoms with van der Waals surface area (Å²) in [5.41, 5.74) is 4.11. The lowest BCUT2D eigenvalue weighted by molar-refractivity contribution is 0.144. The summed E-state index contributed by atoms with van der Waals surface area (Å²) < 4.78 is 5.36. The number of aryl methyl sites for hydroxylation is 2. The monoisotopic (exact) mass is 209 g/mol. The van der Waals surface area contributed by atoms with Crippen LogP contribution in [-0.2, 0) is 0 Å². The summed E-state index contributed by atoms with van der Waals surface area (Å²) in [6.45, 7) is 6.02. The standard InChI is InChI=1S/C12H19NO2/c1-7-6-8(2)10(12(14)13-4)11(15-5)9(7)3/h6,12-14H,1-5H3. The van der Waals surface area contributed by atoms with Crippen molar-refractivity contribution >= 4 is 0 Å². The predicted molar refractivity (Wildman–Crippen MR) is 61.2 cm³/mol. The second kappa shape index (κ2) is 4.64. The first-order valence-corrected chi connectivity index (χ1v) is 5.03. The molecule has 84 valence electrons. The van der Waals surface area contributed by atoms with Crippen LogP contribution in [0.15, 0.2) is 6.07 Å². The minimum atomic E-state index is -0.681. The Morgan fingerprint density at radius 2 is 1.87 bits per heavy atom. The van der Waals surface area contributed by atoms with E-state index in [-0.39, 0.29) is 0 Å². The van der Waals surface area contributed by atoms with E-state index in [4.69, 9.17) is 4.74 Å². The van der Waals surface area contributed by atoms with Gasteiger partial charge >= 0.3 is 0 Å². The number of methoxy groups -OCH3 is 1. The Hall–Kier alpha value is -1.06. The molecule has 0 aliphatic heterocycles. The number of nitrogens with one attached hydrogen (secondary N) is 1. The molecule has 1 rings (SSSR count). The molecule has 0 aromatic heterocycles. The van der Waals surface area contributed by atoms with E-state index in [2.05, 4.69) is 11.4 Å². The van der Waals surface area contributed by atoms with Crippen LogP contribution < -0.4 is 10.1 Å². The number of hydrogen-bond donors (Lipinski definition) is 2. The highest BCUT2D eigenvalue weighted by atomic mass is 16.5.